The zero-order chi connectivity index (χ0) is 22.0. The highest BCUT2D eigenvalue weighted by Crippen LogP contribution is 2.60. The van der Waals surface area contributed by atoms with Crippen molar-refractivity contribution in [2.75, 3.05) is 6.61 Å². The quantitative estimate of drug-likeness (QED) is 0.530. The van der Waals surface area contributed by atoms with Gasteiger partial charge in [0.2, 0.25) is 0 Å². The fraction of sp³-hybridized carbons (Fsp3) is 0.704. The zero-order valence-electron chi connectivity index (χ0n) is 18.7. The minimum atomic E-state index is -0.945. The molecule has 2 atom stereocenters. The minimum Gasteiger partial charge on any atom is -0.493 e. The molecule has 1 aromatic carbocycles. The third-order valence-electron chi connectivity index (χ3n) is 9.25. The molecule has 32 heavy (non-hydrogen) atoms. The van der Waals surface area contributed by atoms with Crippen molar-refractivity contribution < 1.29 is 23.8 Å². The van der Waals surface area contributed by atoms with E-state index in [1.165, 1.54) is 44.6 Å². The van der Waals surface area contributed by atoms with E-state index in [-0.39, 0.29) is 16.8 Å². The van der Waals surface area contributed by atoms with Crippen molar-refractivity contribution in [2.24, 2.45) is 35.0 Å². The van der Waals surface area contributed by atoms with Gasteiger partial charge in [0, 0.05) is 17.4 Å². The lowest BCUT2D eigenvalue weighted by atomic mass is 9.50. The topological polar surface area (TPSA) is 63.6 Å². The summed E-state index contributed by atoms with van der Waals surface area (Å²) in [5.41, 5.74) is 1.26. The Balaban J connectivity index is 1.24. The lowest BCUT2D eigenvalue weighted by Gasteiger charge is -2.56. The van der Waals surface area contributed by atoms with Crippen LogP contribution in [-0.4, -0.2) is 23.5 Å². The molecule has 0 saturated heterocycles. The number of Topliss-reactive ketones (excluding diaryl/α,β-unsaturated/α-hetero) is 1. The molecule has 7 rings (SSSR count). The molecular formula is C27H33FO4. The van der Waals surface area contributed by atoms with E-state index >= 15 is 4.39 Å². The van der Waals surface area contributed by atoms with Gasteiger partial charge in [0.1, 0.15) is 11.6 Å². The number of benzene rings is 1. The van der Waals surface area contributed by atoms with Crippen LogP contribution in [0.25, 0.3) is 0 Å². The predicted octanol–water partition coefficient (Wildman–Crippen LogP) is 5.98. The zero-order valence-corrected chi connectivity index (χ0v) is 18.7. The van der Waals surface area contributed by atoms with Gasteiger partial charge in [-0.15, -0.1) is 0 Å². The Hall–Kier alpha value is -1.91. The van der Waals surface area contributed by atoms with E-state index in [0.717, 1.165) is 36.2 Å². The SMILES string of the molecule is O=C(O)[C@@H]1CCC[C@H]1C(=O)c1cc(C2CC2)c(OCC23CC4CC(CC(C4)C2)C3)cc1F. The average molecular weight is 441 g/mol. The van der Waals surface area contributed by atoms with Gasteiger partial charge in [0.05, 0.1) is 18.1 Å². The fourth-order valence-corrected chi connectivity index (χ4v) is 8.07. The summed E-state index contributed by atoms with van der Waals surface area (Å²) in [7, 11) is 0. The summed E-state index contributed by atoms with van der Waals surface area (Å²) in [5.74, 6) is 0.309. The van der Waals surface area contributed by atoms with Gasteiger partial charge in [-0.1, -0.05) is 6.42 Å². The summed E-state index contributed by atoms with van der Waals surface area (Å²) in [4.78, 5) is 24.7. The number of carbonyl (C=O) groups excluding carboxylic acids is 1. The average Bonchev–Trinajstić information content (AvgIpc) is 3.45. The summed E-state index contributed by atoms with van der Waals surface area (Å²) in [5, 5.41) is 9.47. The summed E-state index contributed by atoms with van der Waals surface area (Å²) >= 11 is 0. The Morgan fingerprint density at radius 3 is 2.19 bits per heavy atom. The smallest absolute Gasteiger partial charge is 0.307 e. The second-order valence-electron chi connectivity index (χ2n) is 11.7. The fourth-order valence-electron chi connectivity index (χ4n) is 8.07. The van der Waals surface area contributed by atoms with Gasteiger partial charge in [-0.05, 0) is 99.5 Å². The first-order chi connectivity index (χ1) is 15.4. The van der Waals surface area contributed by atoms with Crippen molar-refractivity contribution in [2.45, 2.75) is 76.5 Å². The number of halogens is 1. The van der Waals surface area contributed by atoms with Crippen LogP contribution < -0.4 is 4.74 Å². The van der Waals surface area contributed by atoms with Gasteiger partial charge in [-0.2, -0.15) is 0 Å². The molecule has 0 unspecified atom stereocenters. The molecular weight excluding hydrogens is 407 g/mol. The van der Waals surface area contributed by atoms with Crippen LogP contribution in [-0.2, 0) is 4.79 Å². The van der Waals surface area contributed by atoms with Crippen LogP contribution in [0.1, 0.15) is 92.5 Å². The molecule has 0 aliphatic heterocycles. The molecule has 6 saturated carbocycles. The van der Waals surface area contributed by atoms with Gasteiger partial charge in [0.25, 0.3) is 0 Å². The maximum Gasteiger partial charge on any atom is 0.307 e. The monoisotopic (exact) mass is 440 g/mol. The van der Waals surface area contributed by atoms with E-state index in [0.29, 0.717) is 37.5 Å². The van der Waals surface area contributed by atoms with E-state index in [4.69, 9.17) is 4.74 Å². The van der Waals surface area contributed by atoms with Crippen LogP contribution in [0.5, 0.6) is 5.75 Å². The molecule has 5 heteroatoms. The van der Waals surface area contributed by atoms with Crippen molar-refractivity contribution in [3.63, 3.8) is 0 Å². The van der Waals surface area contributed by atoms with Crippen LogP contribution in [0, 0.1) is 40.8 Å². The molecule has 0 amide bonds. The second-order valence-corrected chi connectivity index (χ2v) is 11.7. The lowest BCUT2D eigenvalue weighted by Crippen LogP contribution is -2.48. The number of ketones is 1. The van der Waals surface area contributed by atoms with Crippen molar-refractivity contribution in [3.8, 4) is 5.75 Å². The van der Waals surface area contributed by atoms with Crippen LogP contribution in [0.15, 0.2) is 12.1 Å². The molecule has 1 aromatic rings. The Bertz CT molecular complexity index is 914. The Morgan fingerprint density at radius 1 is 0.969 bits per heavy atom. The van der Waals surface area contributed by atoms with Crippen molar-refractivity contribution in [1.82, 2.24) is 0 Å². The van der Waals surface area contributed by atoms with Gasteiger partial charge < -0.3 is 9.84 Å². The number of carboxylic acids is 1. The first-order valence-corrected chi connectivity index (χ1v) is 12.6. The standard InChI is InChI=1S/C27H33FO4/c28-23-10-24(32-14-27-11-15-6-16(12-27)8-17(7-15)13-27)21(18-4-5-18)9-22(23)25(29)19-2-1-3-20(19)26(30)31/h9-10,15-20H,1-8,11-14H2,(H,30,31)/t15?,16?,17?,19-,20-,27?/m1/s1. The summed E-state index contributed by atoms with van der Waals surface area (Å²) < 4.78 is 21.6. The molecule has 6 aliphatic carbocycles. The number of hydrogen-bond donors (Lipinski definition) is 1. The van der Waals surface area contributed by atoms with Crippen LogP contribution in [0.2, 0.25) is 0 Å². The van der Waals surface area contributed by atoms with E-state index in [9.17, 15) is 14.7 Å². The van der Waals surface area contributed by atoms with Crippen LogP contribution in [0.4, 0.5) is 4.39 Å². The number of carboxylic acid groups (broad SMARTS) is 1. The molecule has 0 aromatic heterocycles. The molecule has 4 bridgehead atoms. The number of carbonyl (C=O) groups is 2. The number of ether oxygens (including phenoxy) is 1. The van der Waals surface area contributed by atoms with Gasteiger partial charge in [0.15, 0.2) is 5.78 Å². The molecule has 0 heterocycles. The van der Waals surface area contributed by atoms with E-state index in [1.54, 1.807) is 6.07 Å². The largest absolute Gasteiger partial charge is 0.493 e. The Morgan fingerprint density at radius 2 is 1.59 bits per heavy atom. The van der Waals surface area contributed by atoms with E-state index in [1.807, 2.05) is 0 Å². The maximum absolute atomic E-state index is 15.2. The molecule has 172 valence electrons. The van der Waals surface area contributed by atoms with Gasteiger partial charge in [-0.3, -0.25) is 9.59 Å². The molecule has 1 N–H and O–H groups in total. The van der Waals surface area contributed by atoms with Crippen molar-refractivity contribution in [1.29, 1.82) is 0 Å². The lowest BCUT2D eigenvalue weighted by molar-refractivity contribution is -0.142. The van der Waals surface area contributed by atoms with Gasteiger partial charge >= 0.3 is 5.97 Å². The highest BCUT2D eigenvalue weighted by Gasteiger charge is 2.51. The van der Waals surface area contributed by atoms with Gasteiger partial charge in [-0.25, -0.2) is 4.39 Å². The first kappa shape index (κ1) is 20.7. The molecule has 4 nitrogen and oxygen atoms in total. The third kappa shape index (κ3) is 3.56. The normalized spacial score (nSPS) is 37.6. The predicted molar refractivity (Wildman–Crippen MR) is 117 cm³/mol. The van der Waals surface area contributed by atoms with Crippen LogP contribution in [0.3, 0.4) is 0 Å². The second kappa shape index (κ2) is 7.56. The van der Waals surface area contributed by atoms with Crippen molar-refractivity contribution in [3.05, 3.63) is 29.1 Å². The number of aliphatic carboxylic acids is 1. The number of rotatable bonds is 7. The molecule has 0 radical (unpaired) electrons. The van der Waals surface area contributed by atoms with Crippen LogP contribution >= 0.6 is 0 Å². The Labute approximate surface area is 188 Å². The summed E-state index contributed by atoms with van der Waals surface area (Å²) in [6.45, 7) is 0.659. The maximum atomic E-state index is 15.2. The molecule has 6 aliphatic rings. The Kier molecular flexibility index (Phi) is 4.89. The highest BCUT2D eigenvalue weighted by atomic mass is 19.1. The third-order valence-corrected chi connectivity index (χ3v) is 9.25. The van der Waals surface area contributed by atoms with E-state index < -0.39 is 23.6 Å². The number of hydrogen-bond acceptors (Lipinski definition) is 3. The molecule has 0 spiro atoms. The molecule has 6 fully saturated rings. The summed E-state index contributed by atoms with van der Waals surface area (Å²) in [6, 6.07) is 3.12. The summed E-state index contributed by atoms with van der Waals surface area (Å²) in [6.07, 6.45) is 11.7. The first-order valence-electron chi connectivity index (χ1n) is 12.6. The van der Waals surface area contributed by atoms with E-state index in [2.05, 4.69) is 0 Å². The highest BCUT2D eigenvalue weighted by molar-refractivity contribution is 6.00. The minimum absolute atomic E-state index is 0.0622. The van der Waals surface area contributed by atoms with Crippen molar-refractivity contribution >= 4 is 11.8 Å².